The van der Waals surface area contributed by atoms with Crippen LogP contribution in [-0.2, 0) is 23.0 Å². The van der Waals surface area contributed by atoms with Crippen LogP contribution in [0.3, 0.4) is 0 Å². The maximum atomic E-state index is 13.7. The molecule has 0 bridgehead atoms. The molecule has 0 aromatic heterocycles. The molecule has 1 atom stereocenters. The zero-order chi connectivity index (χ0) is 21.3. The van der Waals surface area contributed by atoms with Crippen LogP contribution < -0.4 is 0 Å². The minimum atomic E-state index is -3.87. The van der Waals surface area contributed by atoms with Crippen molar-refractivity contribution in [1.29, 1.82) is 0 Å². The Morgan fingerprint density at radius 1 is 1.13 bits per heavy atom. The molecule has 2 aromatic carbocycles. The first-order chi connectivity index (χ1) is 14.3. The van der Waals surface area contributed by atoms with Crippen LogP contribution in [0.1, 0.15) is 34.3 Å². The van der Waals surface area contributed by atoms with Crippen LogP contribution in [0.5, 0.6) is 0 Å². The number of piperidine rings is 1. The lowest BCUT2D eigenvalue weighted by molar-refractivity contribution is 0.0691. The fraction of sp³-hybridized carbons (Fsp3) is 0.409. The average molecular weight is 469 g/mol. The summed E-state index contributed by atoms with van der Waals surface area (Å²) >= 11 is 0. The molecule has 1 unspecified atom stereocenters. The number of nitrogens with zero attached hydrogens (tertiary/aromatic N) is 2. The number of hydrogen-bond acceptors (Lipinski definition) is 4. The molecule has 2 aliphatic heterocycles. The van der Waals surface area contributed by atoms with E-state index >= 15 is 0 Å². The van der Waals surface area contributed by atoms with Crippen LogP contribution in [0.15, 0.2) is 47.4 Å². The van der Waals surface area contributed by atoms with Gasteiger partial charge in [0.1, 0.15) is 5.82 Å². The van der Waals surface area contributed by atoms with Gasteiger partial charge in [-0.2, -0.15) is 4.31 Å². The van der Waals surface area contributed by atoms with Gasteiger partial charge in [-0.3, -0.25) is 4.90 Å². The van der Waals surface area contributed by atoms with E-state index in [0.29, 0.717) is 13.1 Å². The van der Waals surface area contributed by atoms with E-state index in [4.69, 9.17) is 5.11 Å². The number of rotatable bonds is 5. The van der Waals surface area contributed by atoms with E-state index in [1.54, 1.807) is 0 Å². The van der Waals surface area contributed by atoms with Gasteiger partial charge in [-0.15, -0.1) is 12.4 Å². The Morgan fingerprint density at radius 2 is 1.87 bits per heavy atom. The number of hydrogen-bond donors (Lipinski definition) is 1. The third kappa shape index (κ3) is 5.09. The summed E-state index contributed by atoms with van der Waals surface area (Å²) in [5.41, 5.74) is 2.08. The normalized spacial score (nSPS) is 20.0. The van der Waals surface area contributed by atoms with E-state index in [-0.39, 0.29) is 23.2 Å². The van der Waals surface area contributed by atoms with Crippen molar-refractivity contribution < 1.29 is 22.7 Å². The lowest BCUT2D eigenvalue weighted by Crippen LogP contribution is -2.44. The van der Waals surface area contributed by atoms with Crippen LogP contribution in [0.25, 0.3) is 0 Å². The van der Waals surface area contributed by atoms with Gasteiger partial charge < -0.3 is 5.11 Å². The molecule has 2 aromatic rings. The average Bonchev–Trinajstić information content (AvgIpc) is 2.74. The summed E-state index contributed by atoms with van der Waals surface area (Å²) in [5, 5.41) is 9.11. The number of carboxylic acid groups (broad SMARTS) is 1. The maximum absolute atomic E-state index is 13.7. The Labute approximate surface area is 188 Å². The van der Waals surface area contributed by atoms with Gasteiger partial charge in [-0.05, 0) is 54.5 Å². The van der Waals surface area contributed by atoms with Crippen molar-refractivity contribution in [3.05, 3.63) is 65.0 Å². The zero-order valence-electron chi connectivity index (χ0n) is 17.0. The van der Waals surface area contributed by atoms with Gasteiger partial charge in [0.25, 0.3) is 0 Å². The largest absolute Gasteiger partial charge is 0.478 e. The molecule has 2 aliphatic rings. The minimum Gasteiger partial charge on any atom is -0.478 e. The summed E-state index contributed by atoms with van der Waals surface area (Å²) in [4.78, 5) is 13.4. The van der Waals surface area contributed by atoms with E-state index in [9.17, 15) is 17.6 Å². The Morgan fingerprint density at radius 3 is 2.61 bits per heavy atom. The van der Waals surface area contributed by atoms with Gasteiger partial charge in [0.2, 0.25) is 10.0 Å². The SMILES string of the molecule is Cl.O=C(O)c1cc(S(=O)(=O)N2CCCC(CN3CCc4ccccc4C3)C2)ccc1F. The second kappa shape index (κ2) is 9.65. The standard InChI is InChI=1S/C22H25FN2O4S.ClH/c23-21-8-7-19(12-20(21)22(26)27)30(28,29)25-10-3-4-16(14-25)13-24-11-9-17-5-1-2-6-18(17)15-24;/h1-2,5-8,12,16H,3-4,9-11,13-15H2,(H,26,27);1H. The molecule has 1 fully saturated rings. The fourth-order valence-electron chi connectivity index (χ4n) is 4.45. The molecule has 4 rings (SSSR count). The Kier molecular flexibility index (Phi) is 7.36. The first-order valence-corrected chi connectivity index (χ1v) is 11.6. The predicted octanol–water partition coefficient (Wildman–Crippen LogP) is 3.40. The van der Waals surface area contributed by atoms with Crippen LogP contribution in [0.4, 0.5) is 4.39 Å². The number of carbonyl (C=O) groups is 1. The van der Waals surface area contributed by atoms with Gasteiger partial charge >= 0.3 is 5.97 Å². The summed E-state index contributed by atoms with van der Waals surface area (Å²) in [6.45, 7) is 3.44. The molecule has 0 saturated carbocycles. The number of carboxylic acids is 1. The molecule has 1 N–H and O–H groups in total. The molecular formula is C22H26ClFN2O4S. The second-order valence-corrected chi connectivity index (χ2v) is 10.0. The van der Waals surface area contributed by atoms with Crippen molar-refractivity contribution in [1.82, 2.24) is 9.21 Å². The van der Waals surface area contributed by atoms with Crippen LogP contribution in [-0.4, -0.2) is 54.9 Å². The fourth-order valence-corrected chi connectivity index (χ4v) is 6.03. The van der Waals surface area contributed by atoms with Crippen LogP contribution >= 0.6 is 12.4 Å². The summed E-state index contributed by atoms with van der Waals surface area (Å²) in [5.74, 6) is -2.21. The van der Waals surface area contributed by atoms with E-state index in [1.165, 1.54) is 15.4 Å². The van der Waals surface area contributed by atoms with Crippen molar-refractivity contribution in [3.8, 4) is 0 Å². The van der Waals surface area contributed by atoms with Crippen molar-refractivity contribution in [2.24, 2.45) is 5.92 Å². The molecule has 31 heavy (non-hydrogen) atoms. The quantitative estimate of drug-likeness (QED) is 0.727. The predicted molar refractivity (Wildman–Crippen MR) is 118 cm³/mol. The minimum absolute atomic E-state index is 0. The van der Waals surface area contributed by atoms with Gasteiger partial charge in [-0.1, -0.05) is 24.3 Å². The number of fused-ring (bicyclic) bond motifs is 1. The highest BCUT2D eigenvalue weighted by Crippen LogP contribution is 2.27. The highest BCUT2D eigenvalue weighted by atomic mass is 35.5. The molecule has 0 radical (unpaired) electrons. The highest BCUT2D eigenvalue weighted by molar-refractivity contribution is 7.89. The molecule has 168 valence electrons. The summed E-state index contributed by atoms with van der Waals surface area (Å²) in [6.07, 6.45) is 2.70. The lowest BCUT2D eigenvalue weighted by atomic mass is 9.95. The van der Waals surface area contributed by atoms with E-state index in [1.807, 2.05) is 6.07 Å². The third-order valence-corrected chi connectivity index (χ3v) is 7.87. The Hall–Kier alpha value is -2.00. The molecule has 0 spiro atoms. The van der Waals surface area contributed by atoms with Gasteiger partial charge in [0.15, 0.2) is 0 Å². The number of benzene rings is 2. The smallest absolute Gasteiger partial charge is 0.338 e. The Bertz CT molecular complexity index is 1060. The van der Waals surface area contributed by atoms with Crippen molar-refractivity contribution in [2.45, 2.75) is 30.7 Å². The zero-order valence-corrected chi connectivity index (χ0v) is 18.7. The lowest BCUT2D eigenvalue weighted by Gasteiger charge is -2.36. The molecular weight excluding hydrogens is 443 g/mol. The molecule has 0 aliphatic carbocycles. The first kappa shape index (κ1) is 23.7. The maximum Gasteiger partial charge on any atom is 0.338 e. The van der Waals surface area contributed by atoms with Crippen molar-refractivity contribution in [3.63, 3.8) is 0 Å². The first-order valence-electron chi connectivity index (χ1n) is 10.2. The van der Waals surface area contributed by atoms with E-state index in [2.05, 4.69) is 23.1 Å². The van der Waals surface area contributed by atoms with Crippen molar-refractivity contribution in [2.75, 3.05) is 26.2 Å². The van der Waals surface area contributed by atoms with Crippen LogP contribution in [0.2, 0.25) is 0 Å². The summed E-state index contributed by atoms with van der Waals surface area (Å²) in [6, 6.07) is 11.4. The molecule has 2 heterocycles. The third-order valence-electron chi connectivity index (χ3n) is 6.01. The monoisotopic (exact) mass is 468 g/mol. The Balaban J connectivity index is 0.00000272. The number of sulfonamides is 1. The molecule has 9 heteroatoms. The second-order valence-electron chi connectivity index (χ2n) is 8.07. The topological polar surface area (TPSA) is 77.9 Å². The molecule has 6 nitrogen and oxygen atoms in total. The van der Waals surface area contributed by atoms with E-state index in [0.717, 1.165) is 57.1 Å². The summed E-state index contributed by atoms with van der Waals surface area (Å²) < 4.78 is 41.2. The van der Waals surface area contributed by atoms with Gasteiger partial charge in [0, 0.05) is 32.7 Å². The highest BCUT2D eigenvalue weighted by Gasteiger charge is 2.32. The molecule has 1 saturated heterocycles. The van der Waals surface area contributed by atoms with Gasteiger partial charge in [0.05, 0.1) is 10.5 Å². The van der Waals surface area contributed by atoms with Crippen LogP contribution in [0, 0.1) is 11.7 Å². The number of aromatic carboxylic acids is 1. The van der Waals surface area contributed by atoms with Gasteiger partial charge in [-0.25, -0.2) is 17.6 Å². The number of halogens is 2. The molecule has 0 amide bonds. The van der Waals surface area contributed by atoms with Crippen molar-refractivity contribution >= 4 is 28.4 Å². The van der Waals surface area contributed by atoms with E-state index < -0.39 is 27.4 Å². The summed E-state index contributed by atoms with van der Waals surface area (Å²) in [7, 11) is -3.87.